The molecular weight excluding hydrogens is 244 g/mol. The summed E-state index contributed by atoms with van der Waals surface area (Å²) in [7, 11) is -3.11. The second-order valence-electron chi connectivity index (χ2n) is 4.49. The molecule has 1 N–H and O–H groups in total. The number of ether oxygens (including phenoxy) is 1. The van der Waals surface area contributed by atoms with Crippen molar-refractivity contribution >= 4 is 15.8 Å². The molecule has 1 saturated heterocycles. The van der Waals surface area contributed by atoms with E-state index in [2.05, 4.69) is 0 Å². The topological polar surface area (TPSA) is 80.7 Å². The number of hydrogen-bond donors (Lipinski definition) is 1. The lowest BCUT2D eigenvalue weighted by Crippen LogP contribution is -2.47. The van der Waals surface area contributed by atoms with Crippen LogP contribution in [-0.4, -0.2) is 43.2 Å². The Kier molecular flexibility index (Phi) is 4.55. The van der Waals surface area contributed by atoms with E-state index >= 15 is 0 Å². The second-order valence-corrected chi connectivity index (χ2v) is 6.72. The first-order chi connectivity index (χ1) is 7.85. The van der Waals surface area contributed by atoms with Crippen LogP contribution in [0.15, 0.2) is 0 Å². The third kappa shape index (κ3) is 3.19. The lowest BCUT2D eigenvalue weighted by molar-refractivity contribution is -0.171. The van der Waals surface area contributed by atoms with Crippen molar-refractivity contribution in [2.75, 3.05) is 18.1 Å². The number of sulfone groups is 1. The molecule has 0 saturated carbocycles. The van der Waals surface area contributed by atoms with Crippen molar-refractivity contribution in [2.24, 2.45) is 5.92 Å². The number of aliphatic hydroxyl groups is 1. The maximum Gasteiger partial charge on any atom is 0.338 e. The minimum atomic E-state index is -3.11. The molecule has 17 heavy (non-hydrogen) atoms. The minimum Gasteiger partial charge on any atom is -0.464 e. The van der Waals surface area contributed by atoms with Gasteiger partial charge >= 0.3 is 5.97 Å². The van der Waals surface area contributed by atoms with Gasteiger partial charge in [0.2, 0.25) is 0 Å². The van der Waals surface area contributed by atoms with Crippen molar-refractivity contribution in [1.82, 2.24) is 0 Å². The molecule has 1 aliphatic heterocycles. The monoisotopic (exact) mass is 264 g/mol. The van der Waals surface area contributed by atoms with Gasteiger partial charge in [0.05, 0.1) is 18.1 Å². The van der Waals surface area contributed by atoms with Gasteiger partial charge in [0.15, 0.2) is 15.4 Å². The Labute approximate surface area is 102 Å². The quantitative estimate of drug-likeness (QED) is 0.732. The van der Waals surface area contributed by atoms with Crippen molar-refractivity contribution in [3.63, 3.8) is 0 Å². The van der Waals surface area contributed by atoms with Crippen molar-refractivity contribution < 1.29 is 23.1 Å². The smallest absolute Gasteiger partial charge is 0.338 e. The zero-order valence-electron chi connectivity index (χ0n) is 10.3. The zero-order chi connectivity index (χ0) is 13.1. The van der Waals surface area contributed by atoms with E-state index in [1.54, 1.807) is 6.92 Å². The van der Waals surface area contributed by atoms with Gasteiger partial charge in [-0.15, -0.1) is 0 Å². The number of rotatable bonds is 5. The lowest BCUT2D eigenvalue weighted by atomic mass is 9.83. The Bertz CT molecular complexity index is 375. The van der Waals surface area contributed by atoms with E-state index in [-0.39, 0.29) is 24.5 Å². The summed E-state index contributed by atoms with van der Waals surface area (Å²) in [4.78, 5) is 11.8. The first-order valence-electron chi connectivity index (χ1n) is 5.95. The molecule has 0 spiro atoms. The fourth-order valence-corrected chi connectivity index (χ4v) is 4.15. The van der Waals surface area contributed by atoms with Crippen LogP contribution in [0, 0.1) is 5.92 Å². The molecule has 2 atom stereocenters. The SMILES string of the molecule is CCCC(O)(C(=O)OCC)C1CCS(=O)(=O)C1. The van der Waals surface area contributed by atoms with Crippen LogP contribution < -0.4 is 0 Å². The van der Waals surface area contributed by atoms with Crippen LogP contribution in [0.25, 0.3) is 0 Å². The second kappa shape index (κ2) is 5.35. The van der Waals surface area contributed by atoms with Gasteiger partial charge < -0.3 is 9.84 Å². The molecule has 6 heteroatoms. The molecule has 0 radical (unpaired) electrons. The molecule has 0 aromatic heterocycles. The number of hydrogen-bond acceptors (Lipinski definition) is 5. The Morgan fingerprint density at radius 2 is 2.12 bits per heavy atom. The summed E-state index contributed by atoms with van der Waals surface area (Å²) in [6.45, 7) is 3.69. The maximum absolute atomic E-state index is 11.8. The highest BCUT2D eigenvalue weighted by Gasteiger charge is 2.48. The number of carbonyl (C=O) groups excluding carboxylic acids is 1. The maximum atomic E-state index is 11.8. The molecule has 1 rings (SSSR count). The fraction of sp³-hybridized carbons (Fsp3) is 0.909. The molecule has 1 heterocycles. The van der Waals surface area contributed by atoms with E-state index in [1.807, 2.05) is 6.92 Å². The van der Waals surface area contributed by atoms with Gasteiger partial charge in [0.1, 0.15) is 0 Å². The average molecular weight is 264 g/mol. The molecule has 100 valence electrons. The van der Waals surface area contributed by atoms with E-state index in [4.69, 9.17) is 4.74 Å². The molecule has 0 aromatic carbocycles. The van der Waals surface area contributed by atoms with Crippen molar-refractivity contribution in [3.05, 3.63) is 0 Å². The van der Waals surface area contributed by atoms with E-state index in [0.717, 1.165) is 0 Å². The molecule has 1 aliphatic rings. The third-order valence-corrected chi connectivity index (χ3v) is 4.94. The highest BCUT2D eigenvalue weighted by atomic mass is 32.2. The highest BCUT2D eigenvalue weighted by Crippen LogP contribution is 2.33. The first kappa shape index (κ1) is 14.4. The first-order valence-corrected chi connectivity index (χ1v) is 7.78. The van der Waals surface area contributed by atoms with Crippen LogP contribution in [0.2, 0.25) is 0 Å². The Hall–Kier alpha value is -0.620. The molecule has 1 fully saturated rings. The summed E-state index contributed by atoms with van der Waals surface area (Å²) >= 11 is 0. The van der Waals surface area contributed by atoms with E-state index in [9.17, 15) is 18.3 Å². The zero-order valence-corrected chi connectivity index (χ0v) is 11.1. The fourth-order valence-electron chi connectivity index (χ4n) is 2.28. The molecule has 0 amide bonds. The third-order valence-electron chi connectivity index (χ3n) is 3.17. The number of carbonyl (C=O) groups is 1. The van der Waals surface area contributed by atoms with Crippen LogP contribution in [-0.2, 0) is 19.4 Å². The van der Waals surface area contributed by atoms with Crippen molar-refractivity contribution in [1.29, 1.82) is 0 Å². The van der Waals surface area contributed by atoms with E-state index < -0.39 is 27.3 Å². The lowest BCUT2D eigenvalue weighted by Gasteiger charge is -2.30. The van der Waals surface area contributed by atoms with Crippen LogP contribution in [0.1, 0.15) is 33.1 Å². The standard InChI is InChI=1S/C11H20O5S/c1-3-6-11(13,10(12)16-4-2)9-5-7-17(14,15)8-9/h9,13H,3-8H2,1-2H3. The molecule has 2 unspecified atom stereocenters. The summed E-state index contributed by atoms with van der Waals surface area (Å²) in [5.41, 5.74) is -1.64. The summed E-state index contributed by atoms with van der Waals surface area (Å²) in [5.74, 6) is -1.30. The Balaban J connectivity index is 2.88. The van der Waals surface area contributed by atoms with Gasteiger partial charge in [-0.05, 0) is 19.8 Å². The van der Waals surface area contributed by atoms with Crippen LogP contribution in [0.4, 0.5) is 0 Å². The number of esters is 1. The summed E-state index contributed by atoms with van der Waals surface area (Å²) in [6, 6.07) is 0. The Morgan fingerprint density at radius 3 is 2.53 bits per heavy atom. The van der Waals surface area contributed by atoms with Gasteiger partial charge in [-0.2, -0.15) is 0 Å². The van der Waals surface area contributed by atoms with Gasteiger partial charge in [0, 0.05) is 5.92 Å². The van der Waals surface area contributed by atoms with Crippen molar-refractivity contribution in [3.8, 4) is 0 Å². The van der Waals surface area contributed by atoms with Gasteiger partial charge in [-0.25, -0.2) is 13.2 Å². The van der Waals surface area contributed by atoms with Crippen LogP contribution in [0.3, 0.4) is 0 Å². The molecular formula is C11H20O5S. The summed E-state index contributed by atoms with van der Waals surface area (Å²) in [6.07, 6.45) is 1.18. The summed E-state index contributed by atoms with van der Waals surface area (Å²) < 4.78 is 27.7. The predicted octanol–water partition coefficient (Wildman–Crippen LogP) is 0.515. The molecule has 0 aliphatic carbocycles. The van der Waals surface area contributed by atoms with Gasteiger partial charge in [0.25, 0.3) is 0 Å². The summed E-state index contributed by atoms with van der Waals surface area (Å²) in [5, 5.41) is 10.4. The van der Waals surface area contributed by atoms with E-state index in [1.165, 1.54) is 0 Å². The largest absolute Gasteiger partial charge is 0.464 e. The minimum absolute atomic E-state index is 0.0447. The van der Waals surface area contributed by atoms with E-state index in [0.29, 0.717) is 12.8 Å². The van der Waals surface area contributed by atoms with Crippen LogP contribution in [0.5, 0.6) is 0 Å². The van der Waals surface area contributed by atoms with Crippen molar-refractivity contribution in [2.45, 2.75) is 38.7 Å². The highest BCUT2D eigenvalue weighted by molar-refractivity contribution is 7.91. The molecule has 0 bridgehead atoms. The average Bonchev–Trinajstić information content (AvgIpc) is 2.60. The normalized spacial score (nSPS) is 26.4. The predicted molar refractivity (Wildman–Crippen MR) is 63.3 cm³/mol. The van der Waals surface area contributed by atoms with Gasteiger partial charge in [-0.3, -0.25) is 0 Å². The van der Waals surface area contributed by atoms with Crippen LogP contribution >= 0.6 is 0 Å². The molecule has 0 aromatic rings. The van der Waals surface area contributed by atoms with Gasteiger partial charge in [-0.1, -0.05) is 13.3 Å². The Morgan fingerprint density at radius 1 is 1.47 bits per heavy atom. The molecule has 5 nitrogen and oxygen atoms in total.